The van der Waals surface area contributed by atoms with E-state index in [0.717, 1.165) is 6.42 Å². The maximum absolute atomic E-state index is 10.8. The summed E-state index contributed by atoms with van der Waals surface area (Å²) in [6.07, 6.45) is 2.13. The van der Waals surface area contributed by atoms with E-state index < -0.39 is 0 Å². The summed E-state index contributed by atoms with van der Waals surface area (Å²) in [5.41, 5.74) is 0. The van der Waals surface area contributed by atoms with Crippen LogP contribution < -0.4 is 0 Å². The lowest BCUT2D eigenvalue weighted by Crippen LogP contribution is -2.25. The smallest absolute Gasteiger partial charge is 0.245 e. The number of alkyl halides is 1. The monoisotopic (exact) mass is 161 g/mol. The lowest BCUT2D eigenvalue weighted by molar-refractivity contribution is -0.124. The van der Waals surface area contributed by atoms with Gasteiger partial charge in [-0.2, -0.15) is 0 Å². The van der Waals surface area contributed by atoms with Crippen LogP contribution in [0, 0.1) is 0 Å². The molecule has 0 N–H and O–H groups in total. The zero-order chi connectivity index (χ0) is 7.98. The fraction of sp³-hybridized carbons (Fsp3) is 0.571. The molecule has 58 valence electrons. The topological polar surface area (TPSA) is 20.3 Å². The molecule has 0 heterocycles. The number of nitrogens with zero attached hydrogens (tertiary/aromatic N) is 1. The van der Waals surface area contributed by atoms with Gasteiger partial charge in [0.15, 0.2) is 0 Å². The van der Waals surface area contributed by atoms with Gasteiger partial charge in [0.1, 0.15) is 0 Å². The average Bonchev–Trinajstić information content (AvgIpc) is 1.98. The van der Waals surface area contributed by atoms with Gasteiger partial charge in [0.25, 0.3) is 0 Å². The normalized spacial score (nSPS) is 9.00. The highest BCUT2D eigenvalue weighted by molar-refractivity contribution is 6.17. The predicted molar refractivity (Wildman–Crippen MR) is 43.2 cm³/mol. The van der Waals surface area contributed by atoms with Crippen molar-refractivity contribution in [3.8, 4) is 0 Å². The number of hydrogen-bond acceptors (Lipinski definition) is 1. The third-order valence-electron chi connectivity index (χ3n) is 1.18. The van der Waals surface area contributed by atoms with Crippen molar-refractivity contribution in [1.29, 1.82) is 0 Å². The molecule has 0 aromatic heterocycles. The minimum Gasteiger partial charge on any atom is -0.342 e. The van der Waals surface area contributed by atoms with Crippen LogP contribution in [0.5, 0.6) is 0 Å². The molecule has 0 saturated carbocycles. The minimum absolute atomic E-state index is 0.0508. The molecule has 0 aromatic carbocycles. The van der Waals surface area contributed by atoms with Crippen LogP contribution in [0.2, 0.25) is 0 Å². The number of carbonyl (C=O) groups excluding carboxylic acids is 1. The Labute approximate surface area is 66.5 Å². The summed E-state index contributed by atoms with van der Waals surface area (Å²) < 4.78 is 0. The summed E-state index contributed by atoms with van der Waals surface area (Å²) in [4.78, 5) is 12.4. The molecule has 0 radical (unpaired) electrons. The highest BCUT2D eigenvalue weighted by atomic mass is 35.5. The minimum atomic E-state index is -0.0508. The zero-order valence-electron chi connectivity index (χ0n) is 6.14. The summed E-state index contributed by atoms with van der Waals surface area (Å²) in [5.74, 6) is 0.541. The lowest BCUT2D eigenvalue weighted by atomic mass is 10.4. The maximum Gasteiger partial charge on any atom is 0.245 e. The van der Waals surface area contributed by atoms with Crippen molar-refractivity contribution in [2.75, 3.05) is 19.5 Å². The second kappa shape index (κ2) is 5.30. The van der Waals surface area contributed by atoms with Crippen LogP contribution in [0.1, 0.15) is 6.42 Å². The average molecular weight is 162 g/mol. The first-order valence-electron chi connectivity index (χ1n) is 3.16. The molecule has 0 aliphatic carbocycles. The first-order chi connectivity index (χ1) is 4.72. The van der Waals surface area contributed by atoms with Crippen LogP contribution in [0.25, 0.3) is 0 Å². The van der Waals surface area contributed by atoms with Gasteiger partial charge in [-0.1, -0.05) is 6.58 Å². The summed E-state index contributed by atoms with van der Waals surface area (Å²) in [5, 5.41) is 0. The molecule has 0 aliphatic heterocycles. The quantitative estimate of drug-likeness (QED) is 0.449. The molecule has 0 bridgehead atoms. The fourth-order valence-corrected chi connectivity index (χ4v) is 0.682. The van der Waals surface area contributed by atoms with E-state index in [1.54, 1.807) is 11.9 Å². The van der Waals surface area contributed by atoms with Crippen molar-refractivity contribution in [2.45, 2.75) is 6.42 Å². The molecular formula is C7H12ClNO. The molecule has 0 spiro atoms. The first kappa shape index (κ1) is 9.50. The molecule has 0 atom stereocenters. The Kier molecular flexibility index (Phi) is 5.03. The number of likely N-dealkylation sites (N-methyl/N-ethyl adjacent to an activating group) is 1. The van der Waals surface area contributed by atoms with Crippen molar-refractivity contribution in [3.05, 3.63) is 12.7 Å². The van der Waals surface area contributed by atoms with Crippen molar-refractivity contribution in [2.24, 2.45) is 0 Å². The van der Waals surface area contributed by atoms with E-state index in [0.29, 0.717) is 12.4 Å². The number of carbonyl (C=O) groups is 1. The van der Waals surface area contributed by atoms with Gasteiger partial charge < -0.3 is 4.90 Å². The van der Waals surface area contributed by atoms with Gasteiger partial charge in [-0.3, -0.25) is 4.79 Å². The van der Waals surface area contributed by atoms with Crippen LogP contribution in [0.15, 0.2) is 12.7 Å². The van der Waals surface area contributed by atoms with Crippen LogP contribution >= 0.6 is 11.6 Å². The summed E-state index contributed by atoms with van der Waals surface area (Å²) in [6.45, 7) is 4.07. The Morgan fingerprint density at radius 2 is 2.40 bits per heavy atom. The fourth-order valence-electron chi connectivity index (χ4n) is 0.563. The number of hydrogen-bond donors (Lipinski definition) is 0. The summed E-state index contributed by atoms with van der Waals surface area (Å²) in [7, 11) is 1.73. The largest absolute Gasteiger partial charge is 0.342 e. The number of halogens is 1. The van der Waals surface area contributed by atoms with E-state index >= 15 is 0 Å². The van der Waals surface area contributed by atoms with Crippen molar-refractivity contribution in [1.82, 2.24) is 4.90 Å². The molecule has 1 amide bonds. The van der Waals surface area contributed by atoms with Crippen molar-refractivity contribution >= 4 is 17.5 Å². The standard InChI is InChI=1S/C7H12ClNO/c1-3-7(10)9(2)6-4-5-8/h3H,1,4-6H2,2H3. The Balaban J connectivity index is 3.51. The van der Waals surface area contributed by atoms with Crippen molar-refractivity contribution in [3.63, 3.8) is 0 Å². The molecule has 0 saturated heterocycles. The summed E-state index contributed by atoms with van der Waals surface area (Å²) in [6, 6.07) is 0. The van der Waals surface area contributed by atoms with E-state index in [4.69, 9.17) is 11.6 Å². The molecular weight excluding hydrogens is 150 g/mol. The third kappa shape index (κ3) is 3.51. The number of amides is 1. The Morgan fingerprint density at radius 3 is 2.80 bits per heavy atom. The van der Waals surface area contributed by atoms with Crippen molar-refractivity contribution < 1.29 is 4.79 Å². The van der Waals surface area contributed by atoms with E-state index in [1.807, 2.05) is 0 Å². The van der Waals surface area contributed by atoms with Crippen LogP contribution in [0.4, 0.5) is 0 Å². The molecule has 3 heteroatoms. The third-order valence-corrected chi connectivity index (χ3v) is 1.45. The molecule has 0 unspecified atom stereocenters. The molecule has 10 heavy (non-hydrogen) atoms. The highest BCUT2D eigenvalue weighted by Gasteiger charge is 2.00. The van der Waals surface area contributed by atoms with Crippen LogP contribution in [-0.2, 0) is 4.79 Å². The molecule has 2 nitrogen and oxygen atoms in total. The van der Waals surface area contributed by atoms with Crippen LogP contribution in [0.3, 0.4) is 0 Å². The van der Waals surface area contributed by atoms with E-state index in [1.165, 1.54) is 6.08 Å². The van der Waals surface area contributed by atoms with Gasteiger partial charge in [0.2, 0.25) is 5.91 Å². The van der Waals surface area contributed by atoms with E-state index in [2.05, 4.69) is 6.58 Å². The second-order valence-electron chi connectivity index (χ2n) is 2.01. The highest BCUT2D eigenvalue weighted by Crippen LogP contribution is 1.90. The molecule has 0 aromatic rings. The van der Waals surface area contributed by atoms with Gasteiger partial charge in [0.05, 0.1) is 0 Å². The Morgan fingerprint density at radius 1 is 1.80 bits per heavy atom. The van der Waals surface area contributed by atoms with Gasteiger partial charge in [-0.15, -0.1) is 11.6 Å². The Hall–Kier alpha value is -0.500. The van der Waals surface area contributed by atoms with Crippen LogP contribution in [-0.4, -0.2) is 30.3 Å². The van der Waals surface area contributed by atoms with E-state index in [9.17, 15) is 4.79 Å². The molecule has 0 rings (SSSR count). The van der Waals surface area contributed by atoms with Gasteiger partial charge in [-0.05, 0) is 12.5 Å². The first-order valence-corrected chi connectivity index (χ1v) is 3.69. The maximum atomic E-state index is 10.8. The molecule has 0 aliphatic rings. The zero-order valence-corrected chi connectivity index (χ0v) is 6.90. The summed E-state index contributed by atoms with van der Waals surface area (Å²) >= 11 is 5.43. The molecule has 0 fully saturated rings. The van der Waals surface area contributed by atoms with Gasteiger partial charge in [0, 0.05) is 19.5 Å². The van der Waals surface area contributed by atoms with Gasteiger partial charge >= 0.3 is 0 Å². The second-order valence-corrected chi connectivity index (χ2v) is 2.38. The van der Waals surface area contributed by atoms with Gasteiger partial charge in [-0.25, -0.2) is 0 Å². The Bertz CT molecular complexity index is 125. The van der Waals surface area contributed by atoms with E-state index in [-0.39, 0.29) is 5.91 Å². The lowest BCUT2D eigenvalue weighted by Gasteiger charge is -2.12. The number of rotatable bonds is 4. The SMILES string of the molecule is C=CC(=O)N(C)CCCCl. The predicted octanol–water partition coefficient (Wildman–Crippen LogP) is 1.26.